The molecule has 0 N–H and O–H groups in total. The summed E-state index contributed by atoms with van der Waals surface area (Å²) in [6, 6.07) is 8.14. The molecule has 0 aliphatic rings. The SMILES string of the molecule is C(=Cc1cccs1)OC=Cc1cccs1. The molecule has 0 aliphatic carbocycles. The molecule has 2 heterocycles. The Morgan fingerprint density at radius 3 is 1.80 bits per heavy atom. The van der Waals surface area contributed by atoms with Gasteiger partial charge < -0.3 is 4.74 Å². The monoisotopic (exact) mass is 234 g/mol. The molecule has 0 saturated carbocycles. The van der Waals surface area contributed by atoms with Crippen molar-refractivity contribution < 1.29 is 4.74 Å². The zero-order valence-corrected chi connectivity index (χ0v) is 9.63. The van der Waals surface area contributed by atoms with Crippen LogP contribution in [0.25, 0.3) is 12.2 Å². The molecule has 0 aliphatic heterocycles. The van der Waals surface area contributed by atoms with Crippen molar-refractivity contribution in [1.82, 2.24) is 0 Å². The predicted octanol–water partition coefficient (Wildman–Crippen LogP) is 4.47. The Bertz CT molecular complexity index is 382. The first-order valence-electron chi connectivity index (χ1n) is 4.51. The van der Waals surface area contributed by atoms with Gasteiger partial charge in [0.2, 0.25) is 0 Å². The molecule has 0 saturated heterocycles. The number of ether oxygens (including phenoxy) is 1. The van der Waals surface area contributed by atoms with Crippen LogP contribution in [-0.4, -0.2) is 0 Å². The highest BCUT2D eigenvalue weighted by Crippen LogP contribution is 2.11. The topological polar surface area (TPSA) is 9.23 Å². The van der Waals surface area contributed by atoms with E-state index in [4.69, 9.17) is 4.74 Å². The average molecular weight is 234 g/mol. The highest BCUT2D eigenvalue weighted by Gasteiger charge is 1.85. The largest absolute Gasteiger partial charge is 0.473 e. The molecule has 2 rings (SSSR count). The maximum absolute atomic E-state index is 5.23. The summed E-state index contributed by atoms with van der Waals surface area (Å²) in [7, 11) is 0. The number of rotatable bonds is 4. The first kappa shape index (κ1) is 10.2. The maximum atomic E-state index is 5.23. The van der Waals surface area contributed by atoms with Gasteiger partial charge in [-0.3, -0.25) is 0 Å². The second-order valence-electron chi connectivity index (χ2n) is 2.77. The molecule has 0 unspecified atom stereocenters. The zero-order valence-electron chi connectivity index (χ0n) is 8.00. The summed E-state index contributed by atoms with van der Waals surface area (Å²) >= 11 is 3.38. The molecule has 0 spiro atoms. The number of hydrogen-bond donors (Lipinski definition) is 0. The normalized spacial score (nSPS) is 11.5. The van der Waals surface area contributed by atoms with Crippen LogP contribution < -0.4 is 0 Å². The van der Waals surface area contributed by atoms with Gasteiger partial charge in [-0.15, -0.1) is 22.7 Å². The quantitative estimate of drug-likeness (QED) is 0.709. The third-order valence-electron chi connectivity index (χ3n) is 1.71. The summed E-state index contributed by atoms with van der Waals surface area (Å²) in [5.41, 5.74) is 0. The first-order chi connectivity index (χ1) is 7.45. The summed E-state index contributed by atoms with van der Waals surface area (Å²) in [6.45, 7) is 0. The van der Waals surface area contributed by atoms with Crippen molar-refractivity contribution in [2.24, 2.45) is 0 Å². The van der Waals surface area contributed by atoms with E-state index < -0.39 is 0 Å². The summed E-state index contributed by atoms with van der Waals surface area (Å²) < 4.78 is 5.23. The smallest absolute Gasteiger partial charge is 0.0915 e. The maximum Gasteiger partial charge on any atom is 0.0915 e. The van der Waals surface area contributed by atoms with Crippen molar-refractivity contribution in [3.05, 3.63) is 57.3 Å². The van der Waals surface area contributed by atoms with Crippen LogP contribution in [0.1, 0.15) is 9.75 Å². The minimum Gasteiger partial charge on any atom is -0.473 e. The molecule has 2 aromatic rings. The molecule has 2 aromatic heterocycles. The van der Waals surface area contributed by atoms with Gasteiger partial charge in [-0.2, -0.15) is 0 Å². The molecular weight excluding hydrogens is 224 g/mol. The van der Waals surface area contributed by atoms with E-state index in [0.717, 1.165) is 0 Å². The number of hydrogen-bond acceptors (Lipinski definition) is 3. The summed E-state index contributed by atoms with van der Waals surface area (Å²) in [5.74, 6) is 0. The van der Waals surface area contributed by atoms with Crippen molar-refractivity contribution in [2.45, 2.75) is 0 Å². The third-order valence-corrected chi connectivity index (χ3v) is 3.38. The lowest BCUT2D eigenvalue weighted by Gasteiger charge is -1.88. The van der Waals surface area contributed by atoms with Crippen molar-refractivity contribution in [3.8, 4) is 0 Å². The summed E-state index contributed by atoms with van der Waals surface area (Å²) in [5, 5.41) is 4.09. The van der Waals surface area contributed by atoms with Crippen LogP contribution in [-0.2, 0) is 4.74 Å². The highest BCUT2D eigenvalue weighted by atomic mass is 32.1. The van der Waals surface area contributed by atoms with Crippen LogP contribution in [0.15, 0.2) is 47.5 Å². The Kier molecular flexibility index (Phi) is 3.77. The molecule has 0 amide bonds. The molecule has 0 aromatic carbocycles. The standard InChI is InChI=1S/C12H10OS2/c1-3-11(14-9-1)5-7-13-8-6-12-4-2-10-15-12/h1-10H. The third kappa shape index (κ3) is 3.38. The number of thiophene rings is 2. The van der Waals surface area contributed by atoms with Crippen LogP contribution in [0.5, 0.6) is 0 Å². The van der Waals surface area contributed by atoms with E-state index in [2.05, 4.69) is 0 Å². The average Bonchev–Trinajstić information content (AvgIpc) is 2.88. The van der Waals surface area contributed by atoms with Crippen molar-refractivity contribution in [2.75, 3.05) is 0 Å². The first-order valence-corrected chi connectivity index (χ1v) is 6.27. The van der Waals surface area contributed by atoms with Gasteiger partial charge in [0.25, 0.3) is 0 Å². The van der Waals surface area contributed by atoms with Crippen molar-refractivity contribution in [3.63, 3.8) is 0 Å². The molecule has 1 nitrogen and oxygen atoms in total. The Hall–Kier alpha value is -1.32. The Labute approximate surface area is 97.0 Å². The fourth-order valence-corrected chi connectivity index (χ4v) is 2.24. The lowest BCUT2D eigenvalue weighted by Crippen LogP contribution is -1.65. The lowest BCUT2D eigenvalue weighted by atomic mass is 10.4. The van der Waals surface area contributed by atoms with Crippen LogP contribution in [0.2, 0.25) is 0 Å². The van der Waals surface area contributed by atoms with Gasteiger partial charge in [0, 0.05) is 9.75 Å². The van der Waals surface area contributed by atoms with Crippen molar-refractivity contribution >= 4 is 34.8 Å². The second-order valence-corrected chi connectivity index (χ2v) is 4.73. The Morgan fingerprint density at radius 2 is 1.40 bits per heavy atom. The lowest BCUT2D eigenvalue weighted by molar-refractivity contribution is 0.410. The van der Waals surface area contributed by atoms with Crippen LogP contribution in [0, 0.1) is 0 Å². The van der Waals surface area contributed by atoms with E-state index in [1.165, 1.54) is 9.75 Å². The van der Waals surface area contributed by atoms with Gasteiger partial charge in [-0.25, -0.2) is 0 Å². The van der Waals surface area contributed by atoms with E-state index in [-0.39, 0.29) is 0 Å². The molecule has 0 radical (unpaired) electrons. The van der Waals surface area contributed by atoms with E-state index in [1.54, 1.807) is 35.2 Å². The van der Waals surface area contributed by atoms with E-state index >= 15 is 0 Å². The molecule has 0 fully saturated rings. The van der Waals surface area contributed by atoms with Gasteiger partial charge in [0.15, 0.2) is 0 Å². The van der Waals surface area contributed by atoms with E-state index in [9.17, 15) is 0 Å². The second kappa shape index (κ2) is 5.53. The fraction of sp³-hybridized carbons (Fsp3) is 0. The van der Waals surface area contributed by atoms with Crippen LogP contribution in [0.3, 0.4) is 0 Å². The molecule has 3 heteroatoms. The van der Waals surface area contributed by atoms with E-state index in [1.807, 2.05) is 47.2 Å². The molecule has 15 heavy (non-hydrogen) atoms. The molecule has 0 bridgehead atoms. The Balaban J connectivity index is 1.80. The van der Waals surface area contributed by atoms with Crippen LogP contribution in [0.4, 0.5) is 0 Å². The highest BCUT2D eigenvalue weighted by molar-refractivity contribution is 7.11. The van der Waals surface area contributed by atoms with Gasteiger partial charge in [0.05, 0.1) is 12.5 Å². The fourth-order valence-electron chi connectivity index (χ4n) is 1.03. The zero-order chi connectivity index (χ0) is 10.3. The van der Waals surface area contributed by atoms with Gasteiger partial charge in [0.1, 0.15) is 0 Å². The molecular formula is C12H10OS2. The molecule has 0 atom stereocenters. The van der Waals surface area contributed by atoms with E-state index in [0.29, 0.717) is 0 Å². The van der Waals surface area contributed by atoms with Gasteiger partial charge >= 0.3 is 0 Å². The summed E-state index contributed by atoms with van der Waals surface area (Å²) in [6.07, 6.45) is 7.28. The predicted molar refractivity (Wildman–Crippen MR) is 67.8 cm³/mol. The Morgan fingerprint density at radius 1 is 0.867 bits per heavy atom. The van der Waals surface area contributed by atoms with Gasteiger partial charge in [-0.05, 0) is 35.0 Å². The minimum absolute atomic E-state index is 1.19. The minimum atomic E-state index is 1.19. The van der Waals surface area contributed by atoms with Crippen molar-refractivity contribution in [1.29, 1.82) is 0 Å². The van der Waals surface area contributed by atoms with Crippen LogP contribution >= 0.6 is 22.7 Å². The summed E-state index contributed by atoms with van der Waals surface area (Å²) in [4.78, 5) is 2.39. The molecule has 76 valence electrons. The van der Waals surface area contributed by atoms with Gasteiger partial charge in [-0.1, -0.05) is 12.1 Å².